The van der Waals surface area contributed by atoms with Crippen LogP contribution < -0.4 is 10.5 Å². The van der Waals surface area contributed by atoms with Crippen LogP contribution in [0.4, 0.5) is 0 Å². The summed E-state index contributed by atoms with van der Waals surface area (Å²) >= 11 is 5.82. The molecule has 0 fully saturated rings. The summed E-state index contributed by atoms with van der Waals surface area (Å²) in [5, 5.41) is 0.663. The lowest BCUT2D eigenvalue weighted by Gasteiger charge is -2.21. The second kappa shape index (κ2) is 10.2. The molecule has 0 spiro atoms. The van der Waals surface area contributed by atoms with Crippen LogP contribution in [0.2, 0.25) is 5.02 Å². The van der Waals surface area contributed by atoms with Crippen molar-refractivity contribution in [3.8, 4) is 5.75 Å². The Balaban J connectivity index is 0.00000288. The maximum Gasteiger partial charge on any atom is 0.239 e. The zero-order valence-corrected chi connectivity index (χ0v) is 15.1. The molecule has 130 valence electrons. The quantitative estimate of drug-likeness (QED) is 0.816. The molecule has 0 saturated heterocycles. The van der Waals surface area contributed by atoms with E-state index in [-0.39, 0.29) is 18.3 Å². The van der Waals surface area contributed by atoms with Crippen molar-refractivity contribution in [3.05, 3.63) is 65.2 Å². The molecule has 0 saturated carbocycles. The van der Waals surface area contributed by atoms with Gasteiger partial charge in [-0.25, -0.2) is 0 Å². The van der Waals surface area contributed by atoms with Crippen molar-refractivity contribution in [2.24, 2.45) is 5.73 Å². The van der Waals surface area contributed by atoms with Gasteiger partial charge < -0.3 is 15.4 Å². The third-order valence-corrected chi connectivity index (χ3v) is 3.75. The number of likely N-dealkylation sites (N-methyl/N-ethyl adjacent to an activating group) is 1. The number of halogens is 2. The number of hydrogen-bond donors (Lipinski definition) is 1. The Kier molecular flexibility index (Phi) is 8.61. The summed E-state index contributed by atoms with van der Waals surface area (Å²) in [5.41, 5.74) is 7.06. The highest BCUT2D eigenvalue weighted by Crippen LogP contribution is 2.15. The summed E-state index contributed by atoms with van der Waals surface area (Å²) in [5.74, 6) is 0.636. The number of amides is 1. The van der Waals surface area contributed by atoms with E-state index in [1.807, 2.05) is 30.3 Å². The maximum atomic E-state index is 12.3. The summed E-state index contributed by atoms with van der Waals surface area (Å²) in [6.07, 6.45) is 0.530. The average Bonchev–Trinajstić information content (AvgIpc) is 2.56. The highest BCUT2D eigenvalue weighted by molar-refractivity contribution is 6.30. The molecule has 2 aromatic carbocycles. The van der Waals surface area contributed by atoms with Crippen LogP contribution in [-0.2, 0) is 11.2 Å². The average molecular weight is 369 g/mol. The predicted molar refractivity (Wildman–Crippen MR) is 100.0 cm³/mol. The van der Waals surface area contributed by atoms with Gasteiger partial charge in [-0.3, -0.25) is 4.79 Å². The van der Waals surface area contributed by atoms with E-state index in [0.717, 1.165) is 11.3 Å². The molecule has 2 rings (SSSR count). The number of rotatable bonds is 7. The molecule has 1 atom stereocenters. The van der Waals surface area contributed by atoms with Crippen LogP contribution in [0.5, 0.6) is 5.75 Å². The van der Waals surface area contributed by atoms with E-state index >= 15 is 0 Å². The van der Waals surface area contributed by atoms with Gasteiger partial charge >= 0.3 is 0 Å². The molecule has 2 N–H and O–H groups in total. The minimum atomic E-state index is -0.544. The molecule has 0 heterocycles. The van der Waals surface area contributed by atoms with Crippen LogP contribution in [0.3, 0.4) is 0 Å². The number of nitrogens with two attached hydrogens (primary N) is 1. The maximum absolute atomic E-state index is 12.3. The monoisotopic (exact) mass is 368 g/mol. The zero-order chi connectivity index (χ0) is 16.7. The summed E-state index contributed by atoms with van der Waals surface area (Å²) in [7, 11) is 1.73. The molecule has 0 aliphatic heterocycles. The summed E-state index contributed by atoms with van der Waals surface area (Å²) in [4.78, 5) is 13.9. The van der Waals surface area contributed by atoms with Gasteiger partial charge in [0.1, 0.15) is 12.4 Å². The van der Waals surface area contributed by atoms with Crippen molar-refractivity contribution < 1.29 is 9.53 Å². The fourth-order valence-electron chi connectivity index (χ4n) is 2.18. The molecule has 0 aliphatic rings. The Bertz CT molecular complexity index is 621. The lowest BCUT2D eigenvalue weighted by Crippen LogP contribution is -2.44. The van der Waals surface area contributed by atoms with Crippen molar-refractivity contribution in [1.29, 1.82) is 0 Å². The highest BCUT2D eigenvalue weighted by atomic mass is 35.5. The normalized spacial score (nSPS) is 11.3. The van der Waals surface area contributed by atoms with Gasteiger partial charge in [-0.15, -0.1) is 12.4 Å². The molecule has 24 heavy (non-hydrogen) atoms. The molecular formula is C18H22Cl2N2O2. The number of nitrogens with zero attached hydrogens (tertiary/aromatic N) is 1. The van der Waals surface area contributed by atoms with Crippen molar-refractivity contribution in [2.75, 3.05) is 20.2 Å². The van der Waals surface area contributed by atoms with E-state index < -0.39 is 6.04 Å². The summed E-state index contributed by atoms with van der Waals surface area (Å²) < 4.78 is 5.59. The summed E-state index contributed by atoms with van der Waals surface area (Å²) in [6, 6.07) is 16.3. The molecule has 0 aromatic heterocycles. The lowest BCUT2D eigenvalue weighted by molar-refractivity contribution is -0.131. The number of hydrogen-bond acceptors (Lipinski definition) is 3. The van der Waals surface area contributed by atoms with Crippen LogP contribution in [0, 0.1) is 0 Å². The van der Waals surface area contributed by atoms with Crippen LogP contribution in [-0.4, -0.2) is 37.0 Å². The first kappa shape index (κ1) is 20.3. The van der Waals surface area contributed by atoms with Gasteiger partial charge in [-0.2, -0.15) is 0 Å². The Morgan fingerprint density at radius 1 is 1.17 bits per heavy atom. The van der Waals surface area contributed by atoms with Gasteiger partial charge in [-0.1, -0.05) is 41.9 Å². The fraction of sp³-hybridized carbons (Fsp3) is 0.278. The molecule has 1 unspecified atom stereocenters. The molecule has 0 bridgehead atoms. The molecular weight excluding hydrogens is 347 g/mol. The van der Waals surface area contributed by atoms with Gasteiger partial charge in [0.25, 0.3) is 0 Å². The second-order valence-corrected chi connectivity index (χ2v) is 5.79. The molecule has 6 heteroatoms. The highest BCUT2D eigenvalue weighted by Gasteiger charge is 2.18. The third-order valence-electron chi connectivity index (χ3n) is 3.50. The number of ether oxygens (including phenoxy) is 1. The predicted octanol–water partition coefficient (Wildman–Crippen LogP) is 3.17. The molecule has 2 aromatic rings. The molecule has 4 nitrogen and oxygen atoms in total. The first-order chi connectivity index (χ1) is 11.1. The minimum Gasteiger partial charge on any atom is -0.492 e. The van der Waals surface area contributed by atoms with E-state index in [1.165, 1.54) is 0 Å². The van der Waals surface area contributed by atoms with Crippen LogP contribution >= 0.6 is 24.0 Å². The molecule has 0 radical (unpaired) electrons. The Morgan fingerprint density at radius 2 is 1.79 bits per heavy atom. The number of carbonyl (C=O) groups excluding carboxylic acids is 1. The topological polar surface area (TPSA) is 55.6 Å². The van der Waals surface area contributed by atoms with Crippen molar-refractivity contribution in [3.63, 3.8) is 0 Å². The fourth-order valence-corrected chi connectivity index (χ4v) is 2.31. The smallest absolute Gasteiger partial charge is 0.239 e. The van der Waals surface area contributed by atoms with E-state index in [1.54, 1.807) is 36.2 Å². The Hall–Kier alpha value is -1.75. The van der Waals surface area contributed by atoms with E-state index in [0.29, 0.717) is 24.6 Å². The van der Waals surface area contributed by atoms with Crippen LogP contribution in [0.15, 0.2) is 54.6 Å². The van der Waals surface area contributed by atoms with Gasteiger partial charge in [0.2, 0.25) is 5.91 Å². The van der Waals surface area contributed by atoms with Crippen molar-refractivity contribution >= 4 is 29.9 Å². The van der Waals surface area contributed by atoms with Crippen LogP contribution in [0.25, 0.3) is 0 Å². The lowest BCUT2D eigenvalue weighted by atomic mass is 10.1. The first-order valence-corrected chi connectivity index (χ1v) is 7.87. The van der Waals surface area contributed by atoms with Gasteiger partial charge in [-0.05, 0) is 36.2 Å². The Labute approximate surface area is 154 Å². The SMILES string of the molecule is CN(CCOc1ccc(Cl)cc1)C(=O)C(N)Cc1ccccc1.Cl. The van der Waals surface area contributed by atoms with Gasteiger partial charge in [0.05, 0.1) is 12.6 Å². The van der Waals surface area contributed by atoms with E-state index in [2.05, 4.69) is 0 Å². The number of benzene rings is 2. The zero-order valence-electron chi connectivity index (χ0n) is 13.5. The standard InChI is InChI=1S/C18H21ClN2O2.ClH/c1-21(11-12-23-16-9-7-15(19)8-10-16)18(22)17(20)13-14-5-3-2-4-6-14;/h2-10,17H,11-13,20H2,1H3;1H. The largest absolute Gasteiger partial charge is 0.492 e. The number of carbonyl (C=O) groups is 1. The van der Waals surface area contributed by atoms with E-state index in [9.17, 15) is 4.79 Å². The molecule has 0 aliphatic carbocycles. The second-order valence-electron chi connectivity index (χ2n) is 5.36. The Morgan fingerprint density at radius 3 is 2.42 bits per heavy atom. The van der Waals surface area contributed by atoms with E-state index in [4.69, 9.17) is 22.1 Å². The summed E-state index contributed by atoms with van der Waals surface area (Å²) in [6.45, 7) is 0.881. The third kappa shape index (κ3) is 6.40. The van der Waals surface area contributed by atoms with Gasteiger partial charge in [0, 0.05) is 12.1 Å². The van der Waals surface area contributed by atoms with Crippen LogP contribution in [0.1, 0.15) is 5.56 Å². The minimum absolute atomic E-state index is 0. The first-order valence-electron chi connectivity index (χ1n) is 7.49. The van der Waals surface area contributed by atoms with Crippen molar-refractivity contribution in [1.82, 2.24) is 4.90 Å². The van der Waals surface area contributed by atoms with Crippen molar-refractivity contribution in [2.45, 2.75) is 12.5 Å². The van der Waals surface area contributed by atoms with Gasteiger partial charge in [0.15, 0.2) is 0 Å². The molecule has 1 amide bonds.